The molecule has 0 radical (unpaired) electrons. The third kappa shape index (κ3) is 6.49. The van der Waals surface area contributed by atoms with Crippen LogP contribution in [0.3, 0.4) is 0 Å². The van der Waals surface area contributed by atoms with E-state index in [1.807, 2.05) is 30.3 Å². The molecule has 2 amide bonds. The lowest BCUT2D eigenvalue weighted by atomic mass is 10.2. The topological polar surface area (TPSA) is 70.7 Å². The molecule has 2 N–H and O–H groups in total. The molecule has 29 heavy (non-hydrogen) atoms. The molecule has 1 unspecified atom stereocenters. The second kappa shape index (κ2) is 10.5. The van der Waals surface area contributed by atoms with Gasteiger partial charge >= 0.3 is 0 Å². The number of para-hydroxylation sites is 1. The Morgan fingerprint density at radius 1 is 1.07 bits per heavy atom. The van der Waals surface area contributed by atoms with E-state index < -0.39 is 47.5 Å². The highest BCUT2D eigenvalue weighted by Gasteiger charge is 2.19. The van der Waals surface area contributed by atoms with Crippen molar-refractivity contribution in [1.29, 1.82) is 0 Å². The van der Waals surface area contributed by atoms with Crippen LogP contribution in [-0.2, 0) is 9.59 Å². The summed E-state index contributed by atoms with van der Waals surface area (Å²) in [5.41, 5.74) is -0.508. The zero-order chi connectivity index (χ0) is 21.4. The van der Waals surface area contributed by atoms with Crippen molar-refractivity contribution in [3.63, 3.8) is 0 Å². The number of carbonyl (C=O) groups excluding carboxylic acids is 2. The number of rotatable bonds is 9. The van der Waals surface area contributed by atoms with Crippen LogP contribution in [0.25, 0.3) is 0 Å². The van der Waals surface area contributed by atoms with Crippen LogP contribution in [-0.4, -0.2) is 49.5 Å². The van der Waals surface area contributed by atoms with Gasteiger partial charge in [0, 0.05) is 6.54 Å². The smallest absolute Gasteiger partial charge is 0.243 e. The van der Waals surface area contributed by atoms with Crippen LogP contribution in [0.5, 0.6) is 5.75 Å². The van der Waals surface area contributed by atoms with Gasteiger partial charge in [-0.05, 0) is 38.2 Å². The summed E-state index contributed by atoms with van der Waals surface area (Å²) in [5, 5.41) is 4.50. The van der Waals surface area contributed by atoms with E-state index in [9.17, 15) is 22.8 Å². The number of anilines is 1. The first-order valence-corrected chi connectivity index (χ1v) is 8.88. The zero-order valence-electron chi connectivity index (χ0n) is 16.0. The fourth-order valence-corrected chi connectivity index (χ4v) is 2.35. The van der Waals surface area contributed by atoms with E-state index in [0.717, 1.165) is 11.8 Å². The summed E-state index contributed by atoms with van der Waals surface area (Å²) in [4.78, 5) is 25.8. The quantitative estimate of drug-likeness (QED) is 0.625. The number of hydrogen-bond donors (Lipinski definition) is 2. The molecule has 0 aliphatic carbocycles. The van der Waals surface area contributed by atoms with Crippen LogP contribution in [0.2, 0.25) is 0 Å². The number of nitrogens with one attached hydrogen (secondary N) is 2. The number of carbonyl (C=O) groups is 2. The van der Waals surface area contributed by atoms with Crippen molar-refractivity contribution < 1.29 is 27.5 Å². The third-order valence-corrected chi connectivity index (χ3v) is 4.23. The number of benzene rings is 2. The molecule has 1 atom stereocenters. The van der Waals surface area contributed by atoms with Gasteiger partial charge in [-0.1, -0.05) is 18.2 Å². The fourth-order valence-electron chi connectivity index (χ4n) is 2.35. The number of hydrogen-bond acceptors (Lipinski definition) is 4. The Morgan fingerprint density at radius 2 is 1.76 bits per heavy atom. The monoisotopic (exact) mass is 409 g/mol. The lowest BCUT2D eigenvalue weighted by Crippen LogP contribution is -2.46. The minimum absolute atomic E-state index is 0.369. The average molecular weight is 409 g/mol. The van der Waals surface area contributed by atoms with Crippen molar-refractivity contribution in [2.24, 2.45) is 0 Å². The van der Waals surface area contributed by atoms with E-state index in [1.54, 1.807) is 18.9 Å². The first kappa shape index (κ1) is 22.2. The molecule has 0 aliphatic heterocycles. The van der Waals surface area contributed by atoms with Crippen LogP contribution in [0.4, 0.5) is 18.9 Å². The van der Waals surface area contributed by atoms with Crippen molar-refractivity contribution in [2.45, 2.75) is 13.0 Å². The Morgan fingerprint density at radius 3 is 2.45 bits per heavy atom. The van der Waals surface area contributed by atoms with Crippen LogP contribution >= 0.6 is 0 Å². The minimum Gasteiger partial charge on any atom is -0.492 e. The molecule has 2 aromatic rings. The summed E-state index contributed by atoms with van der Waals surface area (Å²) in [6.45, 7) is 2.05. The summed E-state index contributed by atoms with van der Waals surface area (Å²) >= 11 is 0. The van der Waals surface area contributed by atoms with Gasteiger partial charge in [0.2, 0.25) is 11.8 Å². The first-order chi connectivity index (χ1) is 13.8. The molecule has 6 nitrogen and oxygen atoms in total. The Labute approximate surface area is 166 Å². The maximum absolute atomic E-state index is 13.6. The predicted octanol–water partition coefficient (Wildman–Crippen LogP) is 2.56. The van der Waals surface area contributed by atoms with E-state index in [-0.39, 0.29) is 0 Å². The van der Waals surface area contributed by atoms with Gasteiger partial charge in [0.25, 0.3) is 0 Å². The van der Waals surface area contributed by atoms with Gasteiger partial charge in [0.15, 0.2) is 17.5 Å². The van der Waals surface area contributed by atoms with Crippen molar-refractivity contribution in [2.75, 3.05) is 32.1 Å². The summed E-state index contributed by atoms with van der Waals surface area (Å²) in [6, 6.07) is 10.3. The molecule has 2 rings (SSSR count). The molecule has 2 aromatic carbocycles. The Balaban J connectivity index is 1.75. The van der Waals surface area contributed by atoms with E-state index in [2.05, 4.69) is 10.6 Å². The second-order valence-corrected chi connectivity index (χ2v) is 6.31. The van der Waals surface area contributed by atoms with Gasteiger partial charge in [-0.25, -0.2) is 13.2 Å². The highest BCUT2D eigenvalue weighted by atomic mass is 19.2. The molecule has 0 heterocycles. The lowest BCUT2D eigenvalue weighted by molar-refractivity contribution is -0.127. The molecule has 156 valence electrons. The lowest BCUT2D eigenvalue weighted by Gasteiger charge is -2.23. The molecule has 0 aromatic heterocycles. The molecule has 0 saturated carbocycles. The molecule has 0 saturated heterocycles. The van der Waals surface area contributed by atoms with Gasteiger partial charge in [-0.15, -0.1) is 0 Å². The molecule has 0 bridgehead atoms. The van der Waals surface area contributed by atoms with Crippen LogP contribution in [0.15, 0.2) is 42.5 Å². The Kier molecular flexibility index (Phi) is 8.02. The highest BCUT2D eigenvalue weighted by Crippen LogP contribution is 2.19. The van der Waals surface area contributed by atoms with Gasteiger partial charge in [0.1, 0.15) is 12.4 Å². The third-order valence-electron chi connectivity index (χ3n) is 4.23. The first-order valence-electron chi connectivity index (χ1n) is 8.88. The molecule has 0 aliphatic rings. The van der Waals surface area contributed by atoms with Crippen molar-refractivity contribution in [3.8, 4) is 5.75 Å². The summed E-state index contributed by atoms with van der Waals surface area (Å²) < 4.78 is 45.2. The summed E-state index contributed by atoms with van der Waals surface area (Å²) in [6.07, 6.45) is 0. The Bertz CT molecular complexity index is 850. The summed E-state index contributed by atoms with van der Waals surface area (Å²) in [5.74, 6) is -5.02. The SMILES string of the molecule is CC(C(=O)NCC(=O)Nc1ccc(F)c(F)c1F)N(C)CCOc1ccccc1. The van der Waals surface area contributed by atoms with Gasteiger partial charge in [0.05, 0.1) is 18.3 Å². The predicted molar refractivity (Wildman–Crippen MR) is 102 cm³/mol. The number of ether oxygens (including phenoxy) is 1. The van der Waals surface area contributed by atoms with E-state index in [1.165, 1.54) is 0 Å². The highest BCUT2D eigenvalue weighted by molar-refractivity contribution is 5.95. The van der Waals surface area contributed by atoms with Gasteiger partial charge in [-0.2, -0.15) is 0 Å². The molecule has 0 spiro atoms. The van der Waals surface area contributed by atoms with E-state index >= 15 is 0 Å². The maximum Gasteiger partial charge on any atom is 0.243 e. The largest absolute Gasteiger partial charge is 0.492 e. The molecular weight excluding hydrogens is 387 g/mol. The van der Waals surface area contributed by atoms with Crippen molar-refractivity contribution >= 4 is 17.5 Å². The Hall–Kier alpha value is -3.07. The molecular formula is C20H22F3N3O3. The fraction of sp³-hybridized carbons (Fsp3) is 0.300. The van der Waals surface area contributed by atoms with Gasteiger partial charge in [-0.3, -0.25) is 14.5 Å². The second-order valence-electron chi connectivity index (χ2n) is 6.31. The van der Waals surface area contributed by atoms with Crippen LogP contribution in [0.1, 0.15) is 6.92 Å². The molecule has 0 fully saturated rings. The van der Waals surface area contributed by atoms with Crippen molar-refractivity contribution in [3.05, 3.63) is 59.9 Å². The van der Waals surface area contributed by atoms with Crippen molar-refractivity contribution in [1.82, 2.24) is 10.2 Å². The number of halogens is 3. The minimum atomic E-state index is -1.68. The molecule has 9 heteroatoms. The number of likely N-dealkylation sites (N-methyl/N-ethyl adjacent to an activating group) is 1. The normalized spacial score (nSPS) is 11.8. The van der Waals surface area contributed by atoms with Gasteiger partial charge < -0.3 is 15.4 Å². The number of amides is 2. The number of nitrogens with zero attached hydrogens (tertiary/aromatic N) is 1. The van der Waals surface area contributed by atoms with E-state index in [4.69, 9.17) is 4.74 Å². The van der Waals surface area contributed by atoms with Crippen LogP contribution in [0, 0.1) is 17.5 Å². The van der Waals surface area contributed by atoms with Crippen LogP contribution < -0.4 is 15.4 Å². The standard InChI is InChI=1S/C20H22F3N3O3/c1-13(26(2)10-11-29-14-6-4-3-5-7-14)20(28)24-12-17(27)25-16-9-8-15(21)18(22)19(16)23/h3-9,13H,10-12H2,1-2H3,(H,24,28)(H,25,27). The zero-order valence-corrected chi connectivity index (χ0v) is 16.0. The average Bonchev–Trinajstić information content (AvgIpc) is 2.72. The van der Waals surface area contributed by atoms with E-state index in [0.29, 0.717) is 19.2 Å². The maximum atomic E-state index is 13.6. The summed E-state index contributed by atoms with van der Waals surface area (Å²) in [7, 11) is 1.73.